The Morgan fingerprint density at radius 2 is 1.73 bits per heavy atom. The van der Waals surface area contributed by atoms with E-state index in [0.29, 0.717) is 28.0 Å². The van der Waals surface area contributed by atoms with Gasteiger partial charge in [-0.05, 0) is 36.8 Å². The molecule has 0 atom stereocenters. The molecule has 134 valence electrons. The van der Waals surface area contributed by atoms with E-state index in [1.54, 1.807) is 25.1 Å². The average Bonchev–Trinajstić information content (AvgIpc) is 2.62. The lowest BCUT2D eigenvalue weighted by molar-refractivity contribution is 0.0734. The minimum Gasteiger partial charge on any atom is -0.493 e. The fraction of sp³-hybridized carbons (Fsp3) is 0.158. The summed E-state index contributed by atoms with van der Waals surface area (Å²) in [6.45, 7) is 1.76. The number of fused-ring (bicyclic) bond motifs is 1. The van der Waals surface area contributed by atoms with E-state index in [1.807, 2.05) is 0 Å². The zero-order valence-corrected chi connectivity index (χ0v) is 15.0. The third-order valence-corrected chi connectivity index (χ3v) is 4.12. The normalized spacial score (nSPS) is 10.6. The van der Waals surface area contributed by atoms with E-state index in [-0.39, 0.29) is 16.3 Å². The van der Waals surface area contributed by atoms with Crippen LogP contribution in [0.3, 0.4) is 0 Å². The number of carbonyl (C=O) groups is 1. The second-order valence-electron chi connectivity index (χ2n) is 5.49. The first-order chi connectivity index (χ1) is 12.4. The highest BCUT2D eigenvalue weighted by Crippen LogP contribution is 2.32. The molecule has 0 spiro atoms. The molecule has 0 fully saturated rings. The lowest BCUT2D eigenvalue weighted by Gasteiger charge is -2.11. The van der Waals surface area contributed by atoms with Crippen molar-refractivity contribution >= 4 is 28.5 Å². The van der Waals surface area contributed by atoms with Gasteiger partial charge in [0.1, 0.15) is 5.58 Å². The quantitative estimate of drug-likeness (QED) is 0.390. The van der Waals surface area contributed by atoms with Crippen LogP contribution in [-0.4, -0.2) is 20.2 Å². The predicted molar refractivity (Wildman–Crippen MR) is 96.7 cm³/mol. The Morgan fingerprint density at radius 3 is 2.42 bits per heavy atom. The van der Waals surface area contributed by atoms with Crippen LogP contribution in [0.2, 0.25) is 5.02 Å². The number of halogens is 1. The number of hydrogen-bond donors (Lipinski definition) is 0. The van der Waals surface area contributed by atoms with Gasteiger partial charge in [-0.15, -0.1) is 0 Å². The molecule has 0 N–H and O–H groups in total. The van der Waals surface area contributed by atoms with Gasteiger partial charge in [0.05, 0.1) is 24.8 Å². The molecule has 1 aromatic heterocycles. The minimum absolute atomic E-state index is 0.153. The van der Waals surface area contributed by atoms with Gasteiger partial charge >= 0.3 is 11.6 Å². The van der Waals surface area contributed by atoms with Gasteiger partial charge in [-0.3, -0.25) is 0 Å². The maximum absolute atomic E-state index is 12.5. The summed E-state index contributed by atoms with van der Waals surface area (Å²) in [6, 6.07) is 9.05. The van der Waals surface area contributed by atoms with Crippen LogP contribution >= 0.6 is 11.6 Å². The van der Waals surface area contributed by atoms with Crippen molar-refractivity contribution in [3.05, 3.63) is 63.0 Å². The van der Waals surface area contributed by atoms with Crippen LogP contribution in [0.5, 0.6) is 17.2 Å². The van der Waals surface area contributed by atoms with Gasteiger partial charge < -0.3 is 18.6 Å². The highest BCUT2D eigenvalue weighted by atomic mass is 35.5. The molecule has 0 unspecified atom stereocenters. The first kappa shape index (κ1) is 17.8. The van der Waals surface area contributed by atoms with Crippen molar-refractivity contribution in [2.45, 2.75) is 6.92 Å². The van der Waals surface area contributed by atoms with Gasteiger partial charge in [-0.25, -0.2) is 9.59 Å². The van der Waals surface area contributed by atoms with E-state index < -0.39 is 11.6 Å². The van der Waals surface area contributed by atoms with Crippen LogP contribution in [0.1, 0.15) is 15.9 Å². The number of esters is 1. The molecule has 7 heteroatoms. The highest BCUT2D eigenvalue weighted by molar-refractivity contribution is 6.33. The smallest absolute Gasteiger partial charge is 0.343 e. The van der Waals surface area contributed by atoms with Gasteiger partial charge in [-0.1, -0.05) is 11.6 Å². The molecular weight excluding hydrogens is 360 g/mol. The van der Waals surface area contributed by atoms with Gasteiger partial charge in [0.15, 0.2) is 17.2 Å². The van der Waals surface area contributed by atoms with Gasteiger partial charge in [0.25, 0.3) is 0 Å². The lowest BCUT2D eigenvalue weighted by atomic mass is 10.1. The van der Waals surface area contributed by atoms with Crippen molar-refractivity contribution < 1.29 is 23.4 Å². The molecule has 0 aliphatic heterocycles. The second-order valence-corrected chi connectivity index (χ2v) is 5.89. The van der Waals surface area contributed by atoms with E-state index in [4.69, 9.17) is 30.2 Å². The van der Waals surface area contributed by atoms with Gasteiger partial charge in [0, 0.05) is 17.5 Å². The van der Waals surface area contributed by atoms with Crippen molar-refractivity contribution in [3.8, 4) is 17.2 Å². The monoisotopic (exact) mass is 374 g/mol. The first-order valence-electron chi connectivity index (χ1n) is 7.61. The summed E-state index contributed by atoms with van der Waals surface area (Å²) in [5, 5.41) is 0.782. The van der Waals surface area contributed by atoms with Crippen molar-refractivity contribution in [3.63, 3.8) is 0 Å². The van der Waals surface area contributed by atoms with Crippen LogP contribution in [0.15, 0.2) is 45.6 Å². The number of rotatable bonds is 4. The Balaban J connectivity index is 1.97. The maximum Gasteiger partial charge on any atom is 0.343 e. The molecular formula is C19H15ClO6. The molecule has 0 amide bonds. The molecule has 0 bridgehead atoms. The molecule has 1 heterocycles. The molecule has 0 saturated carbocycles. The Bertz CT molecular complexity index is 1050. The van der Waals surface area contributed by atoms with E-state index in [9.17, 15) is 9.59 Å². The highest BCUT2D eigenvalue weighted by Gasteiger charge is 2.16. The zero-order valence-electron chi connectivity index (χ0n) is 14.3. The average molecular weight is 375 g/mol. The van der Waals surface area contributed by atoms with E-state index >= 15 is 0 Å². The topological polar surface area (TPSA) is 75.0 Å². The minimum atomic E-state index is -0.609. The van der Waals surface area contributed by atoms with Crippen LogP contribution in [0.4, 0.5) is 0 Å². The summed E-state index contributed by atoms with van der Waals surface area (Å²) in [7, 11) is 2.98. The van der Waals surface area contributed by atoms with Crippen LogP contribution in [0.25, 0.3) is 11.0 Å². The largest absolute Gasteiger partial charge is 0.493 e. The number of ether oxygens (including phenoxy) is 3. The molecule has 0 aliphatic carbocycles. The van der Waals surface area contributed by atoms with Crippen molar-refractivity contribution in [2.24, 2.45) is 0 Å². The molecule has 26 heavy (non-hydrogen) atoms. The molecule has 0 radical (unpaired) electrons. The number of aryl methyl sites for hydroxylation is 1. The maximum atomic E-state index is 12.5. The summed E-state index contributed by atoms with van der Waals surface area (Å²) in [5.41, 5.74) is 0.818. The summed E-state index contributed by atoms with van der Waals surface area (Å²) in [4.78, 5) is 23.9. The second kappa shape index (κ2) is 7.09. The molecule has 0 saturated heterocycles. The fourth-order valence-electron chi connectivity index (χ4n) is 2.52. The Labute approximate surface area is 153 Å². The van der Waals surface area contributed by atoms with Gasteiger partial charge in [-0.2, -0.15) is 0 Å². The number of benzene rings is 2. The molecule has 3 rings (SSSR count). The Kier molecular flexibility index (Phi) is 4.86. The lowest BCUT2D eigenvalue weighted by Crippen LogP contribution is -2.09. The van der Waals surface area contributed by atoms with Crippen molar-refractivity contribution in [2.75, 3.05) is 14.2 Å². The number of methoxy groups -OCH3 is 2. The summed E-state index contributed by atoms with van der Waals surface area (Å²) < 4.78 is 20.9. The Hall–Kier alpha value is -2.99. The molecule has 2 aromatic carbocycles. The van der Waals surface area contributed by atoms with Gasteiger partial charge in [0.2, 0.25) is 0 Å². The molecule has 6 nitrogen and oxygen atoms in total. The van der Waals surface area contributed by atoms with Crippen molar-refractivity contribution in [1.29, 1.82) is 0 Å². The van der Waals surface area contributed by atoms with E-state index in [1.165, 1.54) is 32.4 Å². The van der Waals surface area contributed by atoms with Crippen molar-refractivity contribution in [1.82, 2.24) is 0 Å². The third kappa shape index (κ3) is 3.36. The Morgan fingerprint density at radius 1 is 1.00 bits per heavy atom. The summed E-state index contributed by atoms with van der Waals surface area (Å²) >= 11 is 6.16. The van der Waals surface area contributed by atoms with Crippen LogP contribution in [0, 0.1) is 6.92 Å². The van der Waals surface area contributed by atoms with E-state index in [0.717, 1.165) is 0 Å². The number of hydrogen-bond acceptors (Lipinski definition) is 6. The standard InChI is InChI=1S/C19H15ClO6/c1-10-6-18(21)25-15-9-13(20)16(8-12(10)15)26-19(22)11-4-5-14(23-2)17(7-11)24-3/h4-9H,1-3H3. The number of carbonyl (C=O) groups excluding carboxylic acids is 1. The van der Waals surface area contributed by atoms with Crippen LogP contribution < -0.4 is 19.8 Å². The first-order valence-corrected chi connectivity index (χ1v) is 7.99. The van der Waals surface area contributed by atoms with Crippen LogP contribution in [-0.2, 0) is 0 Å². The fourth-order valence-corrected chi connectivity index (χ4v) is 2.71. The third-order valence-electron chi connectivity index (χ3n) is 3.83. The predicted octanol–water partition coefficient (Wildman–Crippen LogP) is 3.99. The summed E-state index contributed by atoms with van der Waals surface area (Å²) in [6.07, 6.45) is 0. The molecule has 3 aromatic rings. The SMILES string of the molecule is COc1ccc(C(=O)Oc2cc3c(C)cc(=O)oc3cc2Cl)cc1OC. The molecule has 0 aliphatic rings. The van der Waals surface area contributed by atoms with E-state index in [2.05, 4.69) is 0 Å². The zero-order chi connectivity index (χ0) is 18.8. The summed E-state index contributed by atoms with van der Waals surface area (Å²) in [5.74, 6) is 0.459.